The highest BCUT2D eigenvalue weighted by atomic mass is 28.4. The molecule has 0 amide bonds. The lowest BCUT2D eigenvalue weighted by molar-refractivity contribution is -0.123. The Morgan fingerprint density at radius 2 is 1.95 bits per heavy atom. The summed E-state index contributed by atoms with van der Waals surface area (Å²) in [4.78, 5) is 21.3. The molecule has 1 unspecified atom stereocenters. The molecule has 0 aliphatic rings. The molecule has 20 heavy (non-hydrogen) atoms. The maximum atomic E-state index is 11.0. The molecule has 0 radical (unpaired) electrons. The second-order valence-corrected chi connectivity index (χ2v) is 10.2. The molecule has 0 spiro atoms. The van der Waals surface area contributed by atoms with Gasteiger partial charge in [-0.25, -0.2) is 4.79 Å². The number of aldehydes is 1. The van der Waals surface area contributed by atoms with Gasteiger partial charge in [0.05, 0.1) is 12.2 Å². The van der Waals surface area contributed by atoms with E-state index in [1.165, 1.54) is 7.11 Å². The molecule has 6 heteroatoms. The Balaban J connectivity index is 4.78. The van der Waals surface area contributed by atoms with Crippen molar-refractivity contribution < 1.29 is 23.9 Å². The Morgan fingerprint density at radius 1 is 1.30 bits per heavy atom. The molecule has 0 heterocycles. The number of hydrogen-bond donors (Lipinski definition) is 1. The zero-order valence-electron chi connectivity index (χ0n) is 12.9. The second-order valence-electron chi connectivity index (χ2n) is 5.78. The highest BCUT2D eigenvalue weighted by molar-refractivity contribution is 6.69. The Hall–Kier alpha value is -0.783. The van der Waals surface area contributed by atoms with E-state index in [1.54, 1.807) is 5.94 Å². The largest absolute Gasteiger partial charge is 0.387 e. The average molecular weight is 302 g/mol. The van der Waals surface area contributed by atoms with Gasteiger partial charge in [0.25, 0.3) is 0 Å². The van der Waals surface area contributed by atoms with E-state index in [4.69, 9.17) is 9.16 Å². The maximum absolute atomic E-state index is 11.0. The fourth-order valence-corrected chi connectivity index (χ4v) is 3.14. The van der Waals surface area contributed by atoms with Crippen LogP contribution >= 0.6 is 0 Å². The van der Waals surface area contributed by atoms with Crippen LogP contribution in [0, 0.1) is 0 Å². The summed E-state index contributed by atoms with van der Waals surface area (Å²) in [7, 11) is -0.583. The van der Waals surface area contributed by atoms with Crippen molar-refractivity contribution >= 4 is 20.5 Å². The van der Waals surface area contributed by atoms with E-state index in [2.05, 4.69) is 0 Å². The Labute approximate surface area is 122 Å². The van der Waals surface area contributed by atoms with Gasteiger partial charge in [-0.2, -0.15) is 0 Å². The number of rotatable bonds is 11. The molecule has 116 valence electrons. The SMILES string of the molecule is COCC(=C=O)C(O)(CCCCCC=O)O[Si](C)(C)C. The van der Waals surface area contributed by atoms with Crippen molar-refractivity contribution in [1.82, 2.24) is 0 Å². The number of carbonyl (C=O) groups is 1. The van der Waals surface area contributed by atoms with Crippen LogP contribution in [0.15, 0.2) is 5.57 Å². The third-order valence-corrected chi connectivity index (χ3v) is 3.65. The number of unbranched alkanes of at least 4 members (excludes halogenated alkanes) is 3. The van der Waals surface area contributed by atoms with Crippen molar-refractivity contribution in [3.05, 3.63) is 5.57 Å². The van der Waals surface area contributed by atoms with Crippen LogP contribution in [0.25, 0.3) is 0 Å². The monoisotopic (exact) mass is 302 g/mol. The first kappa shape index (κ1) is 19.2. The molecule has 1 N–H and O–H groups in total. The fraction of sp³-hybridized carbons (Fsp3) is 0.786. The van der Waals surface area contributed by atoms with E-state index in [-0.39, 0.29) is 12.2 Å². The van der Waals surface area contributed by atoms with Crippen molar-refractivity contribution in [2.45, 2.75) is 57.5 Å². The first-order valence-corrected chi connectivity index (χ1v) is 10.3. The van der Waals surface area contributed by atoms with Gasteiger partial charge in [-0.3, -0.25) is 0 Å². The zero-order valence-corrected chi connectivity index (χ0v) is 13.9. The standard InChI is InChI=1S/C14H26O5Si/c1-18-12-13(11-16)14(17,19-20(2,3)4)9-7-5-6-8-10-15/h10,17H,5-9,12H2,1-4H3. The van der Waals surface area contributed by atoms with Crippen LogP contribution in [0.5, 0.6) is 0 Å². The molecule has 0 aliphatic heterocycles. The summed E-state index contributed by atoms with van der Waals surface area (Å²) in [6, 6.07) is 0. The maximum Gasteiger partial charge on any atom is 0.192 e. The topological polar surface area (TPSA) is 72.8 Å². The van der Waals surface area contributed by atoms with Gasteiger partial charge in [-0.15, -0.1) is 0 Å². The average Bonchev–Trinajstić information content (AvgIpc) is 2.33. The number of aliphatic hydroxyl groups is 1. The molecular weight excluding hydrogens is 276 g/mol. The summed E-state index contributed by atoms with van der Waals surface area (Å²) in [5.41, 5.74) is 0.0952. The van der Waals surface area contributed by atoms with Crippen LogP contribution in [0.3, 0.4) is 0 Å². The minimum absolute atomic E-state index is 0.00117. The lowest BCUT2D eigenvalue weighted by Gasteiger charge is -2.35. The first-order chi connectivity index (χ1) is 9.29. The molecule has 0 saturated heterocycles. The van der Waals surface area contributed by atoms with Gasteiger partial charge in [0, 0.05) is 20.0 Å². The Morgan fingerprint density at radius 3 is 2.40 bits per heavy atom. The van der Waals surface area contributed by atoms with E-state index in [0.717, 1.165) is 19.1 Å². The van der Waals surface area contributed by atoms with E-state index >= 15 is 0 Å². The van der Waals surface area contributed by atoms with Gasteiger partial charge in [0.15, 0.2) is 14.1 Å². The third-order valence-electron chi connectivity index (χ3n) is 2.70. The summed E-state index contributed by atoms with van der Waals surface area (Å²) in [5, 5.41) is 10.7. The fourth-order valence-electron chi connectivity index (χ4n) is 1.91. The molecule has 0 fully saturated rings. The summed E-state index contributed by atoms with van der Waals surface area (Å²) in [6.07, 6.45) is 3.95. The summed E-state index contributed by atoms with van der Waals surface area (Å²) >= 11 is 0. The van der Waals surface area contributed by atoms with Crippen LogP contribution in [-0.2, 0) is 18.8 Å². The molecule has 0 aromatic heterocycles. The van der Waals surface area contributed by atoms with Gasteiger partial charge < -0.3 is 19.1 Å². The van der Waals surface area contributed by atoms with E-state index in [0.29, 0.717) is 19.3 Å². The van der Waals surface area contributed by atoms with Crippen LogP contribution in [0.1, 0.15) is 32.1 Å². The predicted octanol–water partition coefficient (Wildman–Crippen LogP) is 2.08. The van der Waals surface area contributed by atoms with Gasteiger partial charge in [-0.05, 0) is 32.5 Å². The lowest BCUT2D eigenvalue weighted by atomic mass is 10.0. The van der Waals surface area contributed by atoms with Gasteiger partial charge in [0.2, 0.25) is 0 Å². The van der Waals surface area contributed by atoms with E-state index in [1.807, 2.05) is 19.6 Å². The quantitative estimate of drug-likeness (QED) is 0.208. The minimum atomic E-state index is -2.04. The van der Waals surface area contributed by atoms with Crippen molar-refractivity contribution in [2.24, 2.45) is 0 Å². The van der Waals surface area contributed by atoms with Crippen LogP contribution in [0.4, 0.5) is 0 Å². The minimum Gasteiger partial charge on any atom is -0.387 e. The summed E-state index contributed by atoms with van der Waals surface area (Å²) < 4.78 is 10.7. The molecular formula is C14H26O5Si. The molecule has 0 rings (SSSR count). The molecule has 0 aromatic rings. The van der Waals surface area contributed by atoms with Crippen molar-refractivity contribution in [3.63, 3.8) is 0 Å². The molecule has 0 aromatic carbocycles. The first-order valence-electron chi connectivity index (χ1n) is 6.88. The number of hydrogen-bond acceptors (Lipinski definition) is 5. The van der Waals surface area contributed by atoms with Crippen molar-refractivity contribution in [2.75, 3.05) is 13.7 Å². The molecule has 5 nitrogen and oxygen atoms in total. The van der Waals surface area contributed by atoms with Crippen molar-refractivity contribution in [1.29, 1.82) is 0 Å². The molecule has 0 saturated carbocycles. The normalized spacial score (nSPS) is 14.4. The van der Waals surface area contributed by atoms with Crippen LogP contribution in [0.2, 0.25) is 19.6 Å². The number of methoxy groups -OCH3 is 1. The molecule has 0 bridgehead atoms. The third kappa shape index (κ3) is 7.72. The Bertz CT molecular complexity index is 344. The van der Waals surface area contributed by atoms with Crippen molar-refractivity contribution in [3.8, 4) is 0 Å². The highest BCUT2D eigenvalue weighted by Crippen LogP contribution is 2.28. The van der Waals surface area contributed by atoms with E-state index < -0.39 is 14.1 Å². The van der Waals surface area contributed by atoms with E-state index in [9.17, 15) is 14.7 Å². The van der Waals surface area contributed by atoms with Gasteiger partial charge in [-0.1, -0.05) is 6.42 Å². The second kappa shape index (κ2) is 9.21. The zero-order chi connectivity index (χ0) is 15.6. The van der Waals surface area contributed by atoms with Crippen LogP contribution < -0.4 is 0 Å². The predicted molar refractivity (Wildman–Crippen MR) is 79.6 cm³/mol. The number of carbonyl (C=O) groups excluding carboxylic acids is 2. The van der Waals surface area contributed by atoms with Gasteiger partial charge >= 0.3 is 0 Å². The summed E-state index contributed by atoms with van der Waals surface area (Å²) in [5.74, 6) is 0.143. The highest BCUT2D eigenvalue weighted by Gasteiger charge is 2.38. The van der Waals surface area contributed by atoms with Crippen LogP contribution in [-0.4, -0.2) is 45.2 Å². The number of ether oxygens (including phenoxy) is 1. The molecule has 1 atom stereocenters. The van der Waals surface area contributed by atoms with Gasteiger partial charge in [0.1, 0.15) is 12.2 Å². The smallest absolute Gasteiger partial charge is 0.192 e. The molecule has 0 aliphatic carbocycles. The Kier molecular flexibility index (Phi) is 8.85. The lowest BCUT2D eigenvalue weighted by Crippen LogP contribution is -2.45. The summed E-state index contributed by atoms with van der Waals surface area (Å²) in [6.45, 7) is 5.83.